The lowest BCUT2D eigenvalue weighted by molar-refractivity contribution is -0.137. The predicted molar refractivity (Wildman–Crippen MR) is 93.6 cm³/mol. The number of hydrogen-bond acceptors (Lipinski definition) is 2. The molecule has 0 N–H and O–H groups in total. The van der Waals surface area contributed by atoms with E-state index in [1.165, 1.54) is 0 Å². The quantitative estimate of drug-likeness (QED) is 0.484. The maximum atomic E-state index is 13.3. The molecule has 2 heterocycles. The molecule has 0 unspecified atom stereocenters. The fourth-order valence-corrected chi connectivity index (χ4v) is 2.89. The van der Waals surface area contributed by atoms with Crippen molar-refractivity contribution in [2.75, 3.05) is 0 Å². The summed E-state index contributed by atoms with van der Waals surface area (Å²) in [7, 11) is 0. The van der Waals surface area contributed by atoms with Gasteiger partial charge in [0.1, 0.15) is 0 Å². The smallest absolute Gasteiger partial charge is 0.275 e. The van der Waals surface area contributed by atoms with Crippen LogP contribution in [-0.2, 0) is 6.18 Å². The SMILES string of the molecule is Cc1ccc(-c2nnc3cc(C(F)(F)F)cc(-c4ccccc4)n23)cc1. The van der Waals surface area contributed by atoms with Crippen LogP contribution in [0.5, 0.6) is 0 Å². The van der Waals surface area contributed by atoms with Crippen LogP contribution in [0, 0.1) is 6.92 Å². The summed E-state index contributed by atoms with van der Waals surface area (Å²) in [5.41, 5.74) is 2.36. The Kier molecular flexibility index (Phi) is 3.76. The molecule has 26 heavy (non-hydrogen) atoms. The lowest BCUT2D eigenvalue weighted by atomic mass is 10.1. The Morgan fingerprint density at radius 2 is 1.50 bits per heavy atom. The van der Waals surface area contributed by atoms with Crippen molar-refractivity contribution in [1.29, 1.82) is 0 Å². The molecule has 2 aromatic carbocycles. The van der Waals surface area contributed by atoms with E-state index >= 15 is 0 Å². The van der Waals surface area contributed by atoms with Gasteiger partial charge in [0.25, 0.3) is 0 Å². The molecule has 0 aliphatic carbocycles. The number of benzene rings is 2. The molecule has 0 saturated heterocycles. The molecule has 2 aromatic heterocycles. The molecule has 0 bridgehead atoms. The topological polar surface area (TPSA) is 30.2 Å². The molecule has 0 radical (unpaired) electrons. The number of hydrogen-bond donors (Lipinski definition) is 0. The van der Waals surface area contributed by atoms with E-state index in [1.807, 2.05) is 37.3 Å². The van der Waals surface area contributed by atoms with E-state index in [0.29, 0.717) is 17.1 Å². The van der Waals surface area contributed by atoms with Crippen molar-refractivity contribution >= 4 is 5.65 Å². The molecular formula is C20H14F3N3. The highest BCUT2D eigenvalue weighted by molar-refractivity contribution is 5.70. The summed E-state index contributed by atoms with van der Waals surface area (Å²) in [5, 5.41) is 8.14. The Hall–Kier alpha value is -3.15. The number of aromatic nitrogens is 3. The van der Waals surface area contributed by atoms with Crippen LogP contribution in [0.3, 0.4) is 0 Å². The third kappa shape index (κ3) is 2.83. The molecule has 0 saturated carbocycles. The molecule has 0 aliphatic rings. The number of aryl methyl sites for hydroxylation is 1. The standard InChI is InChI=1S/C20H14F3N3/c1-13-7-9-15(10-8-13)19-25-24-18-12-16(20(21,22)23)11-17(26(18)19)14-5-3-2-4-6-14/h2-12H,1H3. The second-order valence-corrected chi connectivity index (χ2v) is 6.08. The van der Waals surface area contributed by atoms with E-state index < -0.39 is 11.7 Å². The van der Waals surface area contributed by atoms with E-state index in [-0.39, 0.29) is 5.65 Å². The third-order valence-corrected chi connectivity index (χ3v) is 4.21. The second kappa shape index (κ2) is 5.98. The summed E-state index contributed by atoms with van der Waals surface area (Å²) >= 11 is 0. The second-order valence-electron chi connectivity index (χ2n) is 6.08. The van der Waals surface area contributed by atoms with Gasteiger partial charge < -0.3 is 0 Å². The molecule has 0 fully saturated rings. The van der Waals surface area contributed by atoms with Crippen molar-refractivity contribution in [2.45, 2.75) is 13.1 Å². The first kappa shape index (κ1) is 16.3. The van der Waals surface area contributed by atoms with Gasteiger partial charge in [-0.05, 0) is 24.6 Å². The van der Waals surface area contributed by atoms with Gasteiger partial charge in [0.15, 0.2) is 11.5 Å². The van der Waals surface area contributed by atoms with Gasteiger partial charge in [-0.3, -0.25) is 4.40 Å². The van der Waals surface area contributed by atoms with Gasteiger partial charge in [-0.25, -0.2) is 0 Å². The first-order valence-corrected chi connectivity index (χ1v) is 8.02. The van der Waals surface area contributed by atoms with Crippen molar-refractivity contribution in [3.63, 3.8) is 0 Å². The highest BCUT2D eigenvalue weighted by Gasteiger charge is 2.32. The molecule has 130 valence electrons. The van der Waals surface area contributed by atoms with Crippen molar-refractivity contribution in [3.05, 3.63) is 77.9 Å². The molecule has 4 aromatic rings. The minimum Gasteiger partial charge on any atom is -0.275 e. The summed E-state index contributed by atoms with van der Waals surface area (Å²) in [6.45, 7) is 1.97. The lowest BCUT2D eigenvalue weighted by Crippen LogP contribution is -2.07. The maximum Gasteiger partial charge on any atom is 0.416 e. The Morgan fingerprint density at radius 3 is 2.15 bits per heavy atom. The highest BCUT2D eigenvalue weighted by Crippen LogP contribution is 2.35. The fourth-order valence-electron chi connectivity index (χ4n) is 2.89. The van der Waals surface area contributed by atoms with Crippen LogP contribution >= 0.6 is 0 Å². The highest BCUT2D eigenvalue weighted by atomic mass is 19.4. The Morgan fingerprint density at radius 1 is 0.808 bits per heavy atom. The van der Waals surface area contributed by atoms with Crippen LogP contribution in [-0.4, -0.2) is 14.6 Å². The number of alkyl halides is 3. The number of rotatable bonds is 2. The minimum atomic E-state index is -4.46. The van der Waals surface area contributed by atoms with Crippen LogP contribution in [0.4, 0.5) is 13.2 Å². The Balaban J connectivity index is 2.04. The van der Waals surface area contributed by atoms with E-state index in [1.54, 1.807) is 28.7 Å². The third-order valence-electron chi connectivity index (χ3n) is 4.21. The summed E-state index contributed by atoms with van der Waals surface area (Å²) < 4.78 is 41.6. The van der Waals surface area contributed by atoms with Crippen molar-refractivity contribution in [3.8, 4) is 22.6 Å². The zero-order valence-corrected chi connectivity index (χ0v) is 13.8. The molecule has 0 spiro atoms. The molecule has 0 aliphatic heterocycles. The van der Waals surface area contributed by atoms with Gasteiger partial charge in [0.05, 0.1) is 11.3 Å². The van der Waals surface area contributed by atoms with Crippen LogP contribution in [0.1, 0.15) is 11.1 Å². The van der Waals surface area contributed by atoms with E-state index in [2.05, 4.69) is 10.2 Å². The van der Waals surface area contributed by atoms with Crippen LogP contribution in [0.15, 0.2) is 66.7 Å². The van der Waals surface area contributed by atoms with Crippen molar-refractivity contribution < 1.29 is 13.2 Å². The number of pyridine rings is 1. The molecule has 3 nitrogen and oxygen atoms in total. The van der Waals surface area contributed by atoms with Gasteiger partial charge in [-0.1, -0.05) is 60.2 Å². The van der Waals surface area contributed by atoms with E-state index in [4.69, 9.17) is 0 Å². The van der Waals surface area contributed by atoms with Crippen LogP contribution in [0.25, 0.3) is 28.3 Å². The Bertz CT molecular complexity index is 1070. The molecule has 0 amide bonds. The van der Waals surface area contributed by atoms with Gasteiger partial charge in [0.2, 0.25) is 0 Å². The normalized spacial score (nSPS) is 11.8. The summed E-state index contributed by atoms with van der Waals surface area (Å²) in [5.74, 6) is 0.507. The van der Waals surface area contributed by atoms with Crippen molar-refractivity contribution in [2.24, 2.45) is 0 Å². The van der Waals surface area contributed by atoms with Crippen LogP contribution in [0.2, 0.25) is 0 Å². The Labute approximate surface area is 147 Å². The predicted octanol–water partition coefficient (Wildman–Crippen LogP) is 5.39. The molecule has 6 heteroatoms. The van der Waals surface area contributed by atoms with Crippen molar-refractivity contribution in [1.82, 2.24) is 14.6 Å². The molecule has 4 rings (SSSR count). The van der Waals surface area contributed by atoms with Gasteiger partial charge >= 0.3 is 6.18 Å². The summed E-state index contributed by atoms with van der Waals surface area (Å²) in [4.78, 5) is 0. The number of nitrogens with zero attached hydrogens (tertiary/aromatic N) is 3. The average molecular weight is 353 g/mol. The number of fused-ring (bicyclic) bond motifs is 1. The molecule has 0 atom stereocenters. The zero-order chi connectivity index (χ0) is 18.3. The first-order chi connectivity index (χ1) is 12.4. The monoisotopic (exact) mass is 353 g/mol. The molecular weight excluding hydrogens is 339 g/mol. The van der Waals surface area contributed by atoms with E-state index in [0.717, 1.165) is 23.3 Å². The van der Waals surface area contributed by atoms with Crippen LogP contribution < -0.4 is 0 Å². The maximum absolute atomic E-state index is 13.3. The number of halogens is 3. The summed E-state index contributed by atoms with van der Waals surface area (Å²) in [6.07, 6.45) is -4.46. The average Bonchev–Trinajstić information content (AvgIpc) is 3.06. The zero-order valence-electron chi connectivity index (χ0n) is 13.8. The fraction of sp³-hybridized carbons (Fsp3) is 0.100. The summed E-state index contributed by atoms with van der Waals surface area (Å²) in [6, 6.07) is 18.8. The van der Waals surface area contributed by atoms with Gasteiger partial charge in [-0.2, -0.15) is 13.2 Å². The minimum absolute atomic E-state index is 0.161. The lowest BCUT2D eigenvalue weighted by Gasteiger charge is -2.13. The van der Waals surface area contributed by atoms with E-state index in [9.17, 15) is 13.2 Å². The van der Waals surface area contributed by atoms with Gasteiger partial charge in [0, 0.05) is 5.56 Å². The largest absolute Gasteiger partial charge is 0.416 e. The first-order valence-electron chi connectivity index (χ1n) is 8.02. The van der Waals surface area contributed by atoms with Gasteiger partial charge in [-0.15, -0.1) is 10.2 Å².